The highest BCUT2D eigenvalue weighted by atomic mass is 35.5. The van der Waals surface area contributed by atoms with Gasteiger partial charge in [0, 0.05) is 25.9 Å². The average Bonchev–Trinajstić information content (AvgIpc) is 2.99. The first kappa shape index (κ1) is 17.6. The maximum Gasteiger partial charge on any atom is 0.325 e. The number of halogens is 1. The molecule has 3 amide bonds. The van der Waals surface area contributed by atoms with E-state index in [4.69, 9.17) is 11.6 Å². The Bertz CT molecular complexity index is 892. The number of carbonyl (C=O) groups excluding carboxylic acids is 3. The van der Waals surface area contributed by atoms with Crippen molar-refractivity contribution in [2.75, 3.05) is 6.54 Å². The third-order valence-corrected chi connectivity index (χ3v) is 5.63. The normalized spacial score (nSPS) is 20.1. The Labute approximate surface area is 154 Å². The monoisotopic (exact) mass is 376 g/mol. The number of nitrogens with one attached hydrogen (secondary N) is 1. The summed E-state index contributed by atoms with van der Waals surface area (Å²) in [5.41, 5.74) is -0.225. The molecule has 2 heterocycles. The van der Waals surface area contributed by atoms with E-state index in [2.05, 4.69) is 5.32 Å². The van der Waals surface area contributed by atoms with Crippen molar-refractivity contribution < 1.29 is 14.4 Å². The number of amides is 3. The van der Waals surface area contributed by atoms with E-state index in [-0.39, 0.29) is 12.3 Å². The van der Waals surface area contributed by atoms with E-state index >= 15 is 0 Å². The lowest BCUT2D eigenvalue weighted by Crippen LogP contribution is -2.41. The highest BCUT2D eigenvalue weighted by Crippen LogP contribution is 2.33. The number of benzene rings is 1. The molecule has 1 aliphatic rings. The van der Waals surface area contributed by atoms with Crippen molar-refractivity contribution in [3.05, 3.63) is 56.2 Å². The van der Waals surface area contributed by atoms with Gasteiger partial charge in [0.05, 0.1) is 6.54 Å². The molecule has 1 aromatic heterocycles. The van der Waals surface area contributed by atoms with Crippen LogP contribution >= 0.6 is 22.9 Å². The summed E-state index contributed by atoms with van der Waals surface area (Å²) in [6.45, 7) is 5.07. The van der Waals surface area contributed by atoms with Gasteiger partial charge in [-0.15, -0.1) is 11.3 Å². The highest BCUT2D eigenvalue weighted by Gasteiger charge is 2.50. The zero-order valence-corrected chi connectivity index (χ0v) is 15.6. The zero-order valence-electron chi connectivity index (χ0n) is 14.1. The van der Waals surface area contributed by atoms with Gasteiger partial charge in [-0.2, -0.15) is 0 Å². The van der Waals surface area contributed by atoms with Crippen LogP contribution in [0.1, 0.15) is 32.6 Å². The number of Topliss-reactive ketones (excluding diaryl/α,β-unsaturated/α-hetero) is 1. The molecule has 3 rings (SSSR count). The molecule has 1 aromatic carbocycles. The Kier molecular flexibility index (Phi) is 4.43. The van der Waals surface area contributed by atoms with Gasteiger partial charge in [-0.25, -0.2) is 4.79 Å². The van der Waals surface area contributed by atoms with Crippen LogP contribution in [0, 0.1) is 13.8 Å². The molecule has 1 atom stereocenters. The molecule has 7 heteroatoms. The number of aryl methyl sites for hydroxylation is 2. The molecule has 130 valence electrons. The maximum absolute atomic E-state index is 12.9. The molecule has 5 nitrogen and oxygen atoms in total. The predicted molar refractivity (Wildman–Crippen MR) is 97.2 cm³/mol. The Hall–Kier alpha value is -2.18. The van der Waals surface area contributed by atoms with E-state index in [1.165, 1.54) is 11.3 Å². The molecule has 0 unspecified atom stereocenters. The van der Waals surface area contributed by atoms with Crippen LogP contribution < -0.4 is 5.32 Å². The number of carbonyl (C=O) groups is 3. The van der Waals surface area contributed by atoms with Crippen LogP contribution in [0.2, 0.25) is 5.02 Å². The Balaban J connectivity index is 1.88. The van der Waals surface area contributed by atoms with Crippen molar-refractivity contribution in [1.29, 1.82) is 0 Å². The first-order valence-corrected chi connectivity index (χ1v) is 8.93. The predicted octanol–water partition coefficient (Wildman–Crippen LogP) is 3.67. The number of ketones is 1. The SMILES string of the molecule is Cc1cc(C(=O)CN2C(=O)N[C@](C)(c3ccccc3Cl)C2=O)c(C)s1. The molecule has 0 spiro atoms. The summed E-state index contributed by atoms with van der Waals surface area (Å²) >= 11 is 7.71. The van der Waals surface area contributed by atoms with E-state index in [9.17, 15) is 14.4 Å². The van der Waals surface area contributed by atoms with Gasteiger partial charge in [0.25, 0.3) is 5.91 Å². The van der Waals surface area contributed by atoms with Crippen LogP contribution in [-0.2, 0) is 10.3 Å². The maximum atomic E-state index is 12.9. The number of thiophene rings is 1. The quantitative estimate of drug-likeness (QED) is 0.654. The van der Waals surface area contributed by atoms with Gasteiger partial charge in [0.1, 0.15) is 5.54 Å². The van der Waals surface area contributed by atoms with E-state index < -0.39 is 17.5 Å². The van der Waals surface area contributed by atoms with Crippen LogP contribution in [0.25, 0.3) is 0 Å². The molecule has 0 saturated carbocycles. The van der Waals surface area contributed by atoms with Crippen LogP contribution in [0.5, 0.6) is 0 Å². The topological polar surface area (TPSA) is 66.5 Å². The summed E-state index contributed by atoms with van der Waals surface area (Å²) in [4.78, 5) is 40.6. The van der Waals surface area contributed by atoms with Gasteiger partial charge >= 0.3 is 6.03 Å². The lowest BCUT2D eigenvalue weighted by Gasteiger charge is -2.23. The first-order chi connectivity index (χ1) is 11.7. The van der Waals surface area contributed by atoms with Crippen molar-refractivity contribution in [3.63, 3.8) is 0 Å². The van der Waals surface area contributed by atoms with E-state index in [1.54, 1.807) is 37.3 Å². The van der Waals surface area contributed by atoms with Gasteiger partial charge < -0.3 is 5.32 Å². The molecule has 0 bridgehead atoms. The second-order valence-corrected chi connectivity index (χ2v) is 8.04. The number of nitrogens with zero attached hydrogens (tertiary/aromatic N) is 1. The van der Waals surface area contributed by atoms with Crippen molar-refractivity contribution in [3.8, 4) is 0 Å². The third kappa shape index (κ3) is 2.96. The van der Waals surface area contributed by atoms with Crippen molar-refractivity contribution >= 4 is 40.7 Å². The molecule has 2 aromatic rings. The molecule has 1 aliphatic heterocycles. The first-order valence-electron chi connectivity index (χ1n) is 7.73. The fourth-order valence-electron chi connectivity index (χ4n) is 3.03. The summed E-state index contributed by atoms with van der Waals surface area (Å²) in [6, 6.07) is 8.04. The number of hydrogen-bond acceptors (Lipinski definition) is 4. The molecular weight excluding hydrogens is 360 g/mol. The van der Waals surface area contributed by atoms with Gasteiger partial charge in [0.15, 0.2) is 5.78 Å². The second-order valence-electron chi connectivity index (χ2n) is 6.18. The molecule has 1 fully saturated rings. The summed E-state index contributed by atoms with van der Waals surface area (Å²) in [6.07, 6.45) is 0. The number of hydrogen-bond donors (Lipinski definition) is 1. The van der Waals surface area contributed by atoms with E-state index in [0.717, 1.165) is 14.7 Å². The number of urea groups is 1. The number of imide groups is 1. The molecule has 1 N–H and O–H groups in total. The van der Waals surface area contributed by atoms with E-state index in [0.29, 0.717) is 16.1 Å². The fraction of sp³-hybridized carbons (Fsp3) is 0.278. The lowest BCUT2D eigenvalue weighted by molar-refractivity contribution is -0.130. The smallest absolute Gasteiger partial charge is 0.319 e. The van der Waals surface area contributed by atoms with Crippen LogP contribution in [0.3, 0.4) is 0 Å². The lowest BCUT2D eigenvalue weighted by atomic mass is 9.92. The van der Waals surface area contributed by atoms with Crippen LogP contribution in [0.4, 0.5) is 4.79 Å². The summed E-state index contributed by atoms with van der Waals surface area (Å²) in [5, 5.41) is 3.05. The van der Waals surface area contributed by atoms with Crippen molar-refractivity contribution in [1.82, 2.24) is 10.2 Å². The molecule has 1 saturated heterocycles. The van der Waals surface area contributed by atoms with Crippen LogP contribution in [-0.4, -0.2) is 29.2 Å². The Morgan fingerprint density at radius 1 is 1.28 bits per heavy atom. The number of rotatable bonds is 4. The second kappa shape index (κ2) is 6.28. The summed E-state index contributed by atoms with van der Waals surface area (Å²) < 4.78 is 0. The standard InChI is InChI=1S/C18H17ClN2O3S/c1-10-8-12(11(2)25-10)15(22)9-21-16(23)18(3,20-17(21)24)13-6-4-5-7-14(13)19/h4-8H,9H2,1-3H3,(H,20,24)/t18-/m1/s1. The minimum atomic E-state index is -1.28. The largest absolute Gasteiger partial charge is 0.325 e. The Morgan fingerprint density at radius 2 is 1.96 bits per heavy atom. The minimum absolute atomic E-state index is 0.256. The van der Waals surface area contributed by atoms with E-state index in [1.807, 2.05) is 13.8 Å². The zero-order chi connectivity index (χ0) is 18.4. The van der Waals surface area contributed by atoms with Crippen molar-refractivity contribution in [2.45, 2.75) is 26.3 Å². The third-order valence-electron chi connectivity index (χ3n) is 4.33. The van der Waals surface area contributed by atoms with Gasteiger partial charge in [0.2, 0.25) is 0 Å². The summed E-state index contributed by atoms with van der Waals surface area (Å²) in [5.74, 6) is -0.739. The van der Waals surface area contributed by atoms with Gasteiger partial charge in [-0.05, 0) is 32.9 Å². The molecule has 25 heavy (non-hydrogen) atoms. The minimum Gasteiger partial charge on any atom is -0.319 e. The summed E-state index contributed by atoms with van der Waals surface area (Å²) in [7, 11) is 0. The van der Waals surface area contributed by atoms with Crippen LogP contribution in [0.15, 0.2) is 30.3 Å². The molecular formula is C18H17ClN2O3S. The van der Waals surface area contributed by atoms with Crippen molar-refractivity contribution in [2.24, 2.45) is 0 Å². The van der Waals surface area contributed by atoms with Gasteiger partial charge in [-0.3, -0.25) is 14.5 Å². The highest BCUT2D eigenvalue weighted by molar-refractivity contribution is 7.12. The average molecular weight is 377 g/mol. The molecule has 0 radical (unpaired) electrons. The fourth-order valence-corrected chi connectivity index (χ4v) is 4.29. The Morgan fingerprint density at radius 3 is 2.56 bits per heavy atom. The molecule has 0 aliphatic carbocycles. The van der Waals surface area contributed by atoms with Gasteiger partial charge in [-0.1, -0.05) is 29.8 Å².